The van der Waals surface area contributed by atoms with Gasteiger partial charge >= 0.3 is 5.97 Å². The van der Waals surface area contributed by atoms with Crippen LogP contribution in [0.2, 0.25) is 0 Å². The van der Waals surface area contributed by atoms with Crippen molar-refractivity contribution in [2.45, 2.75) is 125 Å². The molecule has 5 aliphatic rings. The minimum absolute atomic E-state index is 0.0551. The monoisotopic (exact) mass is 532 g/mol. The molecule has 0 bridgehead atoms. The van der Waals surface area contributed by atoms with Gasteiger partial charge in [0.1, 0.15) is 6.61 Å². The van der Waals surface area contributed by atoms with Crippen molar-refractivity contribution in [3.8, 4) is 0 Å². The second kappa shape index (κ2) is 8.53. The van der Waals surface area contributed by atoms with Crippen molar-refractivity contribution in [2.75, 3.05) is 6.61 Å². The maximum absolute atomic E-state index is 12.0. The van der Waals surface area contributed by atoms with E-state index in [1.807, 2.05) is 13.8 Å². The number of ether oxygens (including phenoxy) is 1. The van der Waals surface area contributed by atoms with Gasteiger partial charge in [0.25, 0.3) is 0 Å². The highest BCUT2D eigenvalue weighted by molar-refractivity contribution is 5.66. The Morgan fingerprint density at radius 2 is 1.55 bits per heavy atom. The van der Waals surface area contributed by atoms with E-state index in [0.29, 0.717) is 24.7 Å². The highest BCUT2D eigenvalue weighted by atomic mass is 16.5. The topological polar surface area (TPSA) is 107 Å². The zero-order valence-electron chi connectivity index (χ0n) is 24.9. The van der Waals surface area contributed by atoms with Crippen LogP contribution in [-0.2, 0) is 9.53 Å². The molecule has 6 nitrogen and oxygen atoms in total. The normalized spacial score (nSPS) is 52.9. The van der Waals surface area contributed by atoms with Crippen molar-refractivity contribution in [2.24, 2.45) is 50.2 Å². The van der Waals surface area contributed by atoms with Gasteiger partial charge in [-0.05, 0) is 89.8 Å². The number of hydrogen-bond donors (Lipinski definition) is 4. The second-order valence-electron chi connectivity index (χ2n) is 15.9. The van der Waals surface area contributed by atoms with Gasteiger partial charge in [0.2, 0.25) is 0 Å². The molecule has 0 saturated heterocycles. The van der Waals surface area contributed by atoms with Crippen LogP contribution < -0.4 is 0 Å². The molecule has 0 aromatic rings. The minimum Gasteiger partial charge on any atom is -0.465 e. The number of aliphatic hydroxyl groups excluding tert-OH is 4. The number of carbonyl (C=O) groups is 1. The fourth-order valence-electron chi connectivity index (χ4n) is 11.1. The molecule has 0 aromatic heterocycles. The Balaban J connectivity index is 1.63. The Bertz CT molecular complexity index is 1020. The van der Waals surface area contributed by atoms with Gasteiger partial charge in [0.15, 0.2) is 0 Å². The van der Waals surface area contributed by atoms with Crippen LogP contribution in [-0.4, -0.2) is 57.4 Å². The van der Waals surface area contributed by atoms with Gasteiger partial charge in [-0.2, -0.15) is 0 Å². The third-order valence-electron chi connectivity index (χ3n) is 13.7. The Hall–Kier alpha value is -0.950. The molecular weight excluding hydrogens is 480 g/mol. The zero-order chi connectivity index (χ0) is 28.3. The zero-order valence-corrected chi connectivity index (χ0v) is 24.9. The number of carbonyl (C=O) groups excluding carboxylic acids is 1. The molecule has 0 heterocycles. The number of aliphatic hydroxyl groups is 4. The van der Waals surface area contributed by atoms with Crippen molar-refractivity contribution >= 4 is 5.97 Å². The lowest BCUT2D eigenvalue weighted by Gasteiger charge is -2.72. The Morgan fingerprint density at radius 1 is 0.895 bits per heavy atom. The number of fused-ring (bicyclic) bond motifs is 7. The molecule has 4 saturated carbocycles. The molecule has 5 aliphatic carbocycles. The van der Waals surface area contributed by atoms with Crippen LogP contribution in [0.25, 0.3) is 0 Å². The summed E-state index contributed by atoms with van der Waals surface area (Å²) < 4.78 is 5.54. The summed E-state index contributed by atoms with van der Waals surface area (Å²) in [4.78, 5) is 11.9. The molecule has 0 spiro atoms. The standard InChI is InChI=1S/C32H52O6/c1-18(33)38-17-32-20(15-27(2,3)25(36)26(32)37)19-9-10-22-29(6)13-12-23(34)28(4,5)21(29)11-14-30(22,7)31(19,8)16-24(32)35/h9,20-26,34-37H,10-17H2,1-8H3/t20-,21-,22+,23+,24+,25-,26-,29-,30+,31+,32-/m0/s1. The average Bonchev–Trinajstić information content (AvgIpc) is 2.80. The molecule has 6 heteroatoms. The lowest BCUT2D eigenvalue weighted by atomic mass is 9.33. The summed E-state index contributed by atoms with van der Waals surface area (Å²) in [7, 11) is 0. The average molecular weight is 533 g/mol. The first-order valence-electron chi connectivity index (χ1n) is 15.0. The molecule has 0 amide bonds. The van der Waals surface area contributed by atoms with E-state index >= 15 is 0 Å². The third kappa shape index (κ3) is 3.42. The smallest absolute Gasteiger partial charge is 0.302 e. The summed E-state index contributed by atoms with van der Waals surface area (Å²) in [5, 5.41) is 45.8. The lowest BCUT2D eigenvalue weighted by Crippen LogP contribution is -2.71. The van der Waals surface area contributed by atoms with Crippen LogP contribution in [0.4, 0.5) is 0 Å². The number of allylic oxidation sites excluding steroid dienone is 2. The number of rotatable bonds is 2. The van der Waals surface area contributed by atoms with Crippen LogP contribution in [0.15, 0.2) is 11.6 Å². The van der Waals surface area contributed by atoms with E-state index in [-0.39, 0.29) is 40.3 Å². The van der Waals surface area contributed by atoms with Gasteiger partial charge in [-0.25, -0.2) is 0 Å². The molecule has 38 heavy (non-hydrogen) atoms. The molecule has 0 aromatic carbocycles. The van der Waals surface area contributed by atoms with Gasteiger partial charge in [0, 0.05) is 6.92 Å². The largest absolute Gasteiger partial charge is 0.465 e. The molecule has 0 aliphatic heterocycles. The highest BCUT2D eigenvalue weighted by Gasteiger charge is 2.72. The Labute approximate surface area is 229 Å². The predicted octanol–water partition coefficient (Wildman–Crippen LogP) is 4.62. The van der Waals surface area contributed by atoms with E-state index in [4.69, 9.17) is 4.74 Å². The molecule has 4 N–H and O–H groups in total. The maximum Gasteiger partial charge on any atom is 0.302 e. The summed E-state index contributed by atoms with van der Waals surface area (Å²) >= 11 is 0. The quantitative estimate of drug-likeness (QED) is 0.305. The van der Waals surface area contributed by atoms with E-state index in [9.17, 15) is 25.2 Å². The molecule has 0 radical (unpaired) electrons. The van der Waals surface area contributed by atoms with Crippen molar-refractivity contribution in [3.63, 3.8) is 0 Å². The minimum atomic E-state index is -1.20. The van der Waals surface area contributed by atoms with Crippen LogP contribution >= 0.6 is 0 Å². The Kier molecular flexibility index (Phi) is 6.42. The lowest BCUT2D eigenvalue weighted by molar-refractivity contribution is -0.259. The molecule has 11 atom stereocenters. The van der Waals surface area contributed by atoms with Crippen molar-refractivity contribution in [3.05, 3.63) is 11.6 Å². The predicted molar refractivity (Wildman–Crippen MR) is 146 cm³/mol. The van der Waals surface area contributed by atoms with Gasteiger partial charge < -0.3 is 25.2 Å². The molecule has 0 unspecified atom stereocenters. The van der Waals surface area contributed by atoms with Gasteiger partial charge in [-0.15, -0.1) is 0 Å². The van der Waals surface area contributed by atoms with Gasteiger partial charge in [0.05, 0.1) is 29.8 Å². The first kappa shape index (κ1) is 28.6. The van der Waals surface area contributed by atoms with Crippen molar-refractivity contribution in [1.82, 2.24) is 0 Å². The Morgan fingerprint density at radius 3 is 2.18 bits per heavy atom. The summed E-state index contributed by atoms with van der Waals surface area (Å²) in [6.45, 7) is 17.0. The highest BCUT2D eigenvalue weighted by Crippen LogP contribution is 2.75. The molecule has 216 valence electrons. The van der Waals surface area contributed by atoms with Crippen LogP contribution in [0.3, 0.4) is 0 Å². The van der Waals surface area contributed by atoms with Gasteiger partial charge in [-0.3, -0.25) is 4.79 Å². The third-order valence-corrected chi connectivity index (χ3v) is 13.7. The van der Waals surface area contributed by atoms with Crippen molar-refractivity contribution < 1.29 is 30.0 Å². The van der Waals surface area contributed by atoms with Crippen molar-refractivity contribution in [1.29, 1.82) is 0 Å². The van der Waals surface area contributed by atoms with E-state index < -0.39 is 35.1 Å². The summed E-state index contributed by atoms with van der Waals surface area (Å²) in [6.07, 6.45) is 4.97. The van der Waals surface area contributed by atoms with E-state index in [0.717, 1.165) is 32.1 Å². The maximum atomic E-state index is 12.0. The molecule has 5 rings (SSSR count). The van der Waals surface area contributed by atoms with Crippen LogP contribution in [0.5, 0.6) is 0 Å². The van der Waals surface area contributed by atoms with Crippen LogP contribution in [0.1, 0.15) is 100 Å². The van der Waals surface area contributed by atoms with E-state index in [2.05, 4.69) is 40.7 Å². The summed E-state index contributed by atoms with van der Waals surface area (Å²) in [5.41, 5.74) is -0.768. The summed E-state index contributed by atoms with van der Waals surface area (Å²) in [5.74, 6) is 0.229. The first-order chi connectivity index (χ1) is 17.4. The number of esters is 1. The summed E-state index contributed by atoms with van der Waals surface area (Å²) in [6, 6.07) is 0. The van der Waals surface area contributed by atoms with Gasteiger partial charge in [-0.1, -0.05) is 60.1 Å². The molecule has 4 fully saturated rings. The van der Waals surface area contributed by atoms with E-state index in [1.54, 1.807) is 0 Å². The fourth-order valence-corrected chi connectivity index (χ4v) is 11.1. The van der Waals surface area contributed by atoms with E-state index in [1.165, 1.54) is 12.5 Å². The first-order valence-corrected chi connectivity index (χ1v) is 15.0. The number of hydrogen-bond acceptors (Lipinski definition) is 6. The second-order valence-corrected chi connectivity index (χ2v) is 15.9. The molecular formula is C32H52O6. The SMILES string of the molecule is CC(=O)OC[C@@]12[C@H](O)C[C@]3(C)C(=CC[C@@H]4[C@@]5(C)CC[C@@H](O)C(C)(C)[C@@H]5CC[C@]43C)[C@@H]1CC(C)(C)[C@@H](O)[C@@H]2O. The van der Waals surface area contributed by atoms with Crippen LogP contribution in [0, 0.1) is 50.2 Å². The fraction of sp³-hybridized carbons (Fsp3) is 0.906.